The third-order valence-corrected chi connectivity index (χ3v) is 4.91. The second-order valence-electron chi connectivity index (χ2n) is 7.88. The number of nitrogens with one attached hydrogen (secondary N) is 2. The Morgan fingerprint density at radius 2 is 1.88 bits per heavy atom. The Hall–Kier alpha value is -4.21. The Bertz CT molecular complexity index is 1320. The van der Waals surface area contributed by atoms with Crippen LogP contribution in [0.1, 0.15) is 36.6 Å². The average Bonchev–Trinajstić information content (AvgIpc) is 3.24. The van der Waals surface area contributed by atoms with Crippen LogP contribution in [-0.2, 0) is 14.3 Å². The molecule has 0 aliphatic heterocycles. The second-order valence-corrected chi connectivity index (χ2v) is 7.88. The van der Waals surface area contributed by atoms with E-state index in [1.807, 2.05) is 26.0 Å². The number of hydrogen-bond acceptors (Lipinski definition) is 8. The van der Waals surface area contributed by atoms with Crippen molar-refractivity contribution >= 4 is 28.7 Å². The first-order chi connectivity index (χ1) is 15.8. The summed E-state index contributed by atoms with van der Waals surface area (Å²) in [5.74, 6) is -2.09. The van der Waals surface area contributed by atoms with Crippen molar-refractivity contribution in [3.05, 3.63) is 59.8 Å². The number of carbonyl (C=O) groups excluding carboxylic acids is 2. The van der Waals surface area contributed by atoms with E-state index in [1.54, 1.807) is 38.5 Å². The number of esters is 1. The molecule has 0 aromatic carbocycles. The lowest BCUT2D eigenvalue weighted by atomic mass is 10.0. The van der Waals surface area contributed by atoms with Gasteiger partial charge < -0.3 is 10.1 Å². The third-order valence-electron chi connectivity index (χ3n) is 4.91. The zero-order chi connectivity index (χ0) is 23.5. The van der Waals surface area contributed by atoms with Crippen LogP contribution in [0.5, 0.6) is 0 Å². The van der Waals surface area contributed by atoms with E-state index in [9.17, 15) is 9.59 Å². The first kappa shape index (κ1) is 22.0. The van der Waals surface area contributed by atoms with Crippen molar-refractivity contribution in [2.75, 3.05) is 5.32 Å². The lowest BCUT2D eigenvalue weighted by Crippen LogP contribution is -2.32. The van der Waals surface area contributed by atoms with Gasteiger partial charge in [-0.1, -0.05) is 6.07 Å². The summed E-state index contributed by atoms with van der Waals surface area (Å²) < 4.78 is 5.42. The number of carbonyl (C=O) groups is 2. The van der Waals surface area contributed by atoms with Gasteiger partial charge in [-0.15, -0.1) is 0 Å². The van der Waals surface area contributed by atoms with Crippen molar-refractivity contribution in [3.8, 4) is 11.4 Å². The summed E-state index contributed by atoms with van der Waals surface area (Å²) >= 11 is 0. The molecule has 4 rings (SSSR count). The molecule has 0 aliphatic carbocycles. The number of pyridine rings is 2. The monoisotopic (exact) mass is 445 g/mol. The fraction of sp³-hybridized carbons (Fsp3) is 0.261. The lowest BCUT2D eigenvalue weighted by Gasteiger charge is -2.18. The zero-order valence-corrected chi connectivity index (χ0v) is 18.7. The standard InChI is InChI=1S/C23H23N7O3/c1-12(2)33-23(32)18(22(31)27-17-6-5-13(3)9-25-17)19-16-11-26-30-21(16)29-20(28-19)15-10-24-8-7-14(15)4/h5-12,18H,1-4H3,(H,25,27,31)(H,26,28,29,30)/t18-/m0/s1. The van der Waals surface area contributed by atoms with E-state index >= 15 is 0 Å². The number of amides is 1. The smallest absolute Gasteiger partial charge is 0.324 e. The summed E-state index contributed by atoms with van der Waals surface area (Å²) in [6.07, 6.45) is 5.98. The van der Waals surface area contributed by atoms with Gasteiger partial charge >= 0.3 is 5.97 Å². The molecule has 0 saturated carbocycles. The van der Waals surface area contributed by atoms with Gasteiger partial charge in [-0.25, -0.2) is 15.0 Å². The van der Waals surface area contributed by atoms with E-state index in [0.717, 1.165) is 11.1 Å². The molecule has 10 nitrogen and oxygen atoms in total. The van der Waals surface area contributed by atoms with Gasteiger partial charge in [0.05, 0.1) is 23.4 Å². The van der Waals surface area contributed by atoms with Crippen molar-refractivity contribution in [2.45, 2.75) is 39.7 Å². The van der Waals surface area contributed by atoms with E-state index < -0.39 is 23.9 Å². The molecule has 4 aromatic rings. The minimum atomic E-state index is -1.37. The normalized spacial score (nSPS) is 12.0. The summed E-state index contributed by atoms with van der Waals surface area (Å²) in [7, 11) is 0. The predicted octanol–water partition coefficient (Wildman–Crippen LogP) is 3.10. The fourth-order valence-corrected chi connectivity index (χ4v) is 3.28. The maximum atomic E-state index is 13.3. The Morgan fingerprint density at radius 3 is 2.58 bits per heavy atom. The van der Waals surface area contributed by atoms with Crippen LogP contribution in [0.25, 0.3) is 22.4 Å². The van der Waals surface area contributed by atoms with Gasteiger partial charge in [0.15, 0.2) is 17.4 Å². The Morgan fingerprint density at radius 1 is 1.06 bits per heavy atom. The van der Waals surface area contributed by atoms with Crippen molar-refractivity contribution in [1.29, 1.82) is 0 Å². The van der Waals surface area contributed by atoms with Gasteiger partial charge in [-0.05, 0) is 51.0 Å². The van der Waals surface area contributed by atoms with Gasteiger partial charge in [0.1, 0.15) is 5.82 Å². The van der Waals surface area contributed by atoms with Gasteiger partial charge in [0.25, 0.3) is 0 Å². The SMILES string of the molecule is Cc1ccc(NC(=O)[C@@H](C(=O)OC(C)C)c2nc(-c3cnccc3C)nc3[nH]ncc23)nc1. The summed E-state index contributed by atoms with van der Waals surface area (Å²) in [6, 6.07) is 5.30. The fourth-order valence-electron chi connectivity index (χ4n) is 3.28. The highest BCUT2D eigenvalue weighted by Gasteiger charge is 2.35. The molecule has 0 bridgehead atoms. The van der Waals surface area contributed by atoms with E-state index in [4.69, 9.17) is 4.74 Å². The molecule has 0 saturated heterocycles. The van der Waals surface area contributed by atoms with Gasteiger partial charge in [0.2, 0.25) is 5.91 Å². The van der Waals surface area contributed by atoms with Crippen molar-refractivity contribution in [1.82, 2.24) is 30.1 Å². The molecule has 0 radical (unpaired) electrons. The van der Waals surface area contributed by atoms with Crippen LogP contribution in [0.3, 0.4) is 0 Å². The second kappa shape index (κ2) is 9.11. The lowest BCUT2D eigenvalue weighted by molar-refractivity contribution is -0.151. The van der Waals surface area contributed by atoms with Crippen molar-refractivity contribution < 1.29 is 14.3 Å². The Labute approximate surface area is 189 Å². The molecule has 4 heterocycles. The first-order valence-corrected chi connectivity index (χ1v) is 10.4. The molecule has 2 N–H and O–H groups in total. The number of aryl methyl sites for hydroxylation is 2. The minimum Gasteiger partial charge on any atom is -0.462 e. The highest BCUT2D eigenvalue weighted by molar-refractivity contribution is 6.10. The van der Waals surface area contributed by atoms with Crippen molar-refractivity contribution in [2.24, 2.45) is 0 Å². The molecular formula is C23H23N7O3. The molecule has 168 valence electrons. The summed E-state index contributed by atoms with van der Waals surface area (Å²) in [4.78, 5) is 43.9. The van der Waals surface area contributed by atoms with Gasteiger partial charge in [-0.2, -0.15) is 5.10 Å². The van der Waals surface area contributed by atoms with Gasteiger partial charge in [-0.3, -0.25) is 19.7 Å². The van der Waals surface area contributed by atoms with Crippen molar-refractivity contribution in [3.63, 3.8) is 0 Å². The van der Waals surface area contributed by atoms with E-state index in [-0.39, 0.29) is 5.69 Å². The molecule has 1 amide bonds. The van der Waals surface area contributed by atoms with Gasteiger partial charge in [0, 0.05) is 24.2 Å². The molecular weight excluding hydrogens is 422 g/mol. The molecule has 0 aliphatic rings. The largest absolute Gasteiger partial charge is 0.462 e. The maximum absolute atomic E-state index is 13.3. The average molecular weight is 445 g/mol. The number of fused-ring (bicyclic) bond motifs is 1. The maximum Gasteiger partial charge on any atom is 0.324 e. The highest BCUT2D eigenvalue weighted by Crippen LogP contribution is 2.29. The predicted molar refractivity (Wildman–Crippen MR) is 121 cm³/mol. The van der Waals surface area contributed by atoms with E-state index in [2.05, 4.69) is 35.5 Å². The molecule has 1 atom stereocenters. The van der Waals surface area contributed by atoms with Crippen LogP contribution in [0.15, 0.2) is 43.0 Å². The molecule has 10 heteroatoms. The summed E-state index contributed by atoms with van der Waals surface area (Å²) in [5.41, 5.74) is 3.08. The number of nitrogens with zero attached hydrogens (tertiary/aromatic N) is 5. The Kier molecular flexibility index (Phi) is 6.07. The highest BCUT2D eigenvalue weighted by atomic mass is 16.5. The topological polar surface area (TPSA) is 136 Å². The minimum absolute atomic E-state index is 0.183. The number of H-pyrrole nitrogens is 1. The molecule has 0 spiro atoms. The number of hydrogen-bond donors (Lipinski definition) is 2. The van der Waals surface area contributed by atoms with Crippen LogP contribution in [0, 0.1) is 13.8 Å². The number of ether oxygens (including phenoxy) is 1. The quantitative estimate of drug-likeness (QED) is 0.341. The Balaban J connectivity index is 1.83. The molecule has 4 aromatic heterocycles. The van der Waals surface area contributed by atoms with Crippen LogP contribution >= 0.6 is 0 Å². The van der Waals surface area contributed by atoms with E-state index in [1.165, 1.54) is 6.20 Å². The number of aromatic amines is 1. The molecule has 0 fully saturated rings. The first-order valence-electron chi connectivity index (χ1n) is 10.4. The summed E-state index contributed by atoms with van der Waals surface area (Å²) in [5, 5.41) is 9.97. The number of aromatic nitrogens is 6. The van der Waals surface area contributed by atoms with E-state index in [0.29, 0.717) is 28.2 Å². The molecule has 0 unspecified atom stereocenters. The van der Waals surface area contributed by atoms with Crippen LogP contribution in [0.4, 0.5) is 5.82 Å². The van der Waals surface area contributed by atoms with Crippen LogP contribution in [-0.4, -0.2) is 48.1 Å². The zero-order valence-electron chi connectivity index (χ0n) is 18.7. The number of anilines is 1. The third kappa shape index (κ3) is 4.69. The van der Waals surface area contributed by atoms with Crippen LogP contribution < -0.4 is 5.32 Å². The van der Waals surface area contributed by atoms with Crippen LogP contribution in [0.2, 0.25) is 0 Å². The molecule has 33 heavy (non-hydrogen) atoms. The number of rotatable bonds is 6. The summed E-state index contributed by atoms with van der Waals surface area (Å²) in [6.45, 7) is 7.22.